The third-order valence-electron chi connectivity index (χ3n) is 4.27. The third kappa shape index (κ3) is 3.29. The summed E-state index contributed by atoms with van der Waals surface area (Å²) in [5.41, 5.74) is 3.25. The fraction of sp³-hybridized carbons (Fsp3) is 0.100. The summed E-state index contributed by atoms with van der Waals surface area (Å²) in [5, 5.41) is 10.1. The zero-order chi connectivity index (χ0) is 19.0. The molecule has 136 valence electrons. The molecule has 0 saturated carbocycles. The predicted octanol–water partition coefficient (Wildman–Crippen LogP) is 4.81. The van der Waals surface area contributed by atoms with Gasteiger partial charge in [-0.25, -0.2) is 14.2 Å². The maximum absolute atomic E-state index is 13.6. The van der Waals surface area contributed by atoms with Crippen molar-refractivity contribution in [3.8, 4) is 10.8 Å². The summed E-state index contributed by atoms with van der Waals surface area (Å²) in [6.07, 6.45) is 1.55. The summed E-state index contributed by atoms with van der Waals surface area (Å²) >= 11 is 1.06. The number of carboxylic acids is 1. The van der Waals surface area contributed by atoms with Crippen molar-refractivity contribution in [2.24, 2.45) is 0 Å². The van der Waals surface area contributed by atoms with E-state index in [4.69, 9.17) is 4.74 Å². The van der Waals surface area contributed by atoms with Crippen LogP contribution in [0.25, 0.3) is 16.0 Å². The lowest BCUT2D eigenvalue weighted by Gasteiger charge is -2.07. The van der Waals surface area contributed by atoms with Crippen LogP contribution in [0.5, 0.6) is 5.75 Å². The van der Waals surface area contributed by atoms with E-state index in [-0.39, 0.29) is 23.1 Å². The number of fused-ring (bicyclic) bond motifs is 1. The molecule has 0 saturated heterocycles. The first-order valence-corrected chi connectivity index (χ1v) is 9.02. The number of nitrogens with zero attached hydrogens (tertiary/aromatic N) is 2. The van der Waals surface area contributed by atoms with Crippen LogP contribution in [-0.4, -0.2) is 20.6 Å². The van der Waals surface area contributed by atoms with Crippen molar-refractivity contribution in [2.45, 2.75) is 13.5 Å². The van der Waals surface area contributed by atoms with Gasteiger partial charge in [0.05, 0.1) is 11.0 Å². The van der Waals surface area contributed by atoms with E-state index in [1.807, 2.05) is 31.2 Å². The first-order chi connectivity index (χ1) is 13.0. The Kier molecular flexibility index (Phi) is 4.37. The summed E-state index contributed by atoms with van der Waals surface area (Å²) in [6, 6.07) is 13.7. The van der Waals surface area contributed by atoms with Crippen LogP contribution in [0.2, 0.25) is 0 Å². The van der Waals surface area contributed by atoms with Gasteiger partial charge < -0.3 is 9.84 Å². The molecule has 4 aromatic rings. The quantitative estimate of drug-likeness (QED) is 0.538. The highest BCUT2D eigenvalue weighted by Crippen LogP contribution is 2.34. The number of carboxylic acid groups (broad SMARTS) is 1. The summed E-state index contributed by atoms with van der Waals surface area (Å²) in [4.78, 5) is 16.0. The molecule has 2 aromatic carbocycles. The fourth-order valence-electron chi connectivity index (χ4n) is 2.82. The summed E-state index contributed by atoms with van der Waals surface area (Å²) in [7, 11) is 0. The van der Waals surface area contributed by atoms with Gasteiger partial charge in [-0.3, -0.25) is 4.57 Å². The average Bonchev–Trinajstić information content (AvgIpc) is 3.24. The van der Waals surface area contributed by atoms with Gasteiger partial charge in [-0.1, -0.05) is 24.3 Å². The number of aromatic nitrogens is 2. The molecule has 0 fully saturated rings. The smallest absolute Gasteiger partial charge is 0.349 e. The number of aromatic carboxylic acids is 1. The van der Waals surface area contributed by atoms with Crippen molar-refractivity contribution in [3.63, 3.8) is 0 Å². The van der Waals surface area contributed by atoms with Gasteiger partial charge in [0.15, 0.2) is 4.88 Å². The zero-order valence-electron chi connectivity index (χ0n) is 14.3. The first kappa shape index (κ1) is 17.2. The van der Waals surface area contributed by atoms with E-state index in [1.165, 1.54) is 12.1 Å². The number of imidazole rings is 1. The Morgan fingerprint density at radius 2 is 2.07 bits per heavy atom. The van der Waals surface area contributed by atoms with Crippen molar-refractivity contribution in [1.82, 2.24) is 9.55 Å². The van der Waals surface area contributed by atoms with Gasteiger partial charge in [-0.05, 0) is 30.2 Å². The van der Waals surface area contributed by atoms with Gasteiger partial charge in [-0.2, -0.15) is 0 Å². The van der Waals surface area contributed by atoms with Gasteiger partial charge in [0.2, 0.25) is 0 Å². The van der Waals surface area contributed by atoms with E-state index in [2.05, 4.69) is 4.98 Å². The van der Waals surface area contributed by atoms with Crippen molar-refractivity contribution >= 4 is 28.3 Å². The Balaban J connectivity index is 1.71. The summed E-state index contributed by atoms with van der Waals surface area (Å²) < 4.78 is 21.1. The van der Waals surface area contributed by atoms with Crippen molar-refractivity contribution < 1.29 is 19.0 Å². The molecule has 4 rings (SSSR count). The second-order valence-electron chi connectivity index (χ2n) is 6.05. The van der Waals surface area contributed by atoms with Crippen LogP contribution >= 0.6 is 11.3 Å². The molecule has 0 bridgehead atoms. The molecule has 0 aliphatic heterocycles. The Morgan fingerprint density at radius 3 is 2.85 bits per heavy atom. The second kappa shape index (κ2) is 6.85. The molecule has 0 aliphatic rings. The molecular formula is C20H15FN2O3S. The molecule has 5 nitrogen and oxygen atoms in total. The van der Waals surface area contributed by atoms with Crippen LogP contribution < -0.4 is 4.74 Å². The topological polar surface area (TPSA) is 64.4 Å². The molecule has 27 heavy (non-hydrogen) atoms. The van der Waals surface area contributed by atoms with Gasteiger partial charge in [0, 0.05) is 12.1 Å². The van der Waals surface area contributed by atoms with E-state index >= 15 is 0 Å². The molecule has 0 radical (unpaired) electrons. The Bertz CT molecular complexity index is 1150. The van der Waals surface area contributed by atoms with Gasteiger partial charge >= 0.3 is 5.97 Å². The molecule has 0 aliphatic carbocycles. The summed E-state index contributed by atoms with van der Waals surface area (Å²) in [6.45, 7) is 2.24. The van der Waals surface area contributed by atoms with Crippen LogP contribution in [0.3, 0.4) is 0 Å². The number of halogens is 1. The maximum atomic E-state index is 13.6. The molecule has 0 amide bonds. The number of rotatable bonds is 5. The van der Waals surface area contributed by atoms with Gasteiger partial charge in [0.1, 0.15) is 29.5 Å². The molecular weight excluding hydrogens is 367 g/mol. The van der Waals surface area contributed by atoms with Crippen LogP contribution in [0, 0.1) is 12.7 Å². The molecule has 0 atom stereocenters. The number of benzene rings is 2. The van der Waals surface area contributed by atoms with Crippen LogP contribution in [-0.2, 0) is 6.61 Å². The van der Waals surface area contributed by atoms with Gasteiger partial charge in [-0.15, -0.1) is 11.3 Å². The number of hydrogen-bond acceptors (Lipinski definition) is 4. The minimum atomic E-state index is -1.07. The Labute approximate surface area is 158 Å². The van der Waals surface area contributed by atoms with Crippen LogP contribution in [0.4, 0.5) is 4.39 Å². The van der Waals surface area contributed by atoms with Crippen molar-refractivity contribution in [2.75, 3.05) is 0 Å². The van der Waals surface area contributed by atoms with Gasteiger partial charge in [0.25, 0.3) is 0 Å². The fourth-order valence-corrected chi connectivity index (χ4v) is 3.75. The van der Waals surface area contributed by atoms with E-state index < -0.39 is 5.97 Å². The highest BCUT2D eigenvalue weighted by atomic mass is 32.1. The molecule has 2 heterocycles. The number of carbonyl (C=O) groups is 1. The zero-order valence-corrected chi connectivity index (χ0v) is 15.2. The normalized spacial score (nSPS) is 11.0. The van der Waals surface area contributed by atoms with Crippen molar-refractivity contribution in [1.29, 1.82) is 0 Å². The number of aryl methyl sites for hydroxylation is 1. The highest BCUT2D eigenvalue weighted by Gasteiger charge is 2.19. The van der Waals surface area contributed by atoms with Crippen LogP contribution in [0.15, 0.2) is 54.9 Å². The average molecular weight is 382 g/mol. The predicted molar refractivity (Wildman–Crippen MR) is 101 cm³/mol. The largest absolute Gasteiger partial charge is 0.487 e. The lowest BCUT2D eigenvalue weighted by Crippen LogP contribution is -2.01. The number of thiophene rings is 1. The molecule has 2 aromatic heterocycles. The lowest BCUT2D eigenvalue weighted by molar-refractivity contribution is 0.0697. The van der Waals surface area contributed by atoms with E-state index in [9.17, 15) is 14.3 Å². The Hall–Kier alpha value is -3.19. The SMILES string of the molecule is Cc1ccccc1COc1cc(-n2cnc3ccc(F)cc32)sc1C(=O)O. The molecule has 1 N–H and O–H groups in total. The minimum Gasteiger partial charge on any atom is -0.487 e. The van der Waals surface area contributed by atoms with E-state index in [0.29, 0.717) is 16.0 Å². The number of hydrogen-bond donors (Lipinski definition) is 1. The third-order valence-corrected chi connectivity index (χ3v) is 5.37. The first-order valence-electron chi connectivity index (χ1n) is 8.20. The van der Waals surface area contributed by atoms with E-state index in [0.717, 1.165) is 22.5 Å². The highest BCUT2D eigenvalue weighted by molar-refractivity contribution is 7.16. The van der Waals surface area contributed by atoms with Crippen molar-refractivity contribution in [3.05, 3.63) is 76.7 Å². The van der Waals surface area contributed by atoms with E-state index in [1.54, 1.807) is 23.0 Å². The molecule has 7 heteroatoms. The monoisotopic (exact) mass is 382 g/mol. The lowest BCUT2D eigenvalue weighted by atomic mass is 10.1. The maximum Gasteiger partial charge on any atom is 0.349 e. The molecule has 0 unspecified atom stereocenters. The summed E-state index contributed by atoms with van der Waals surface area (Å²) in [5.74, 6) is -1.17. The second-order valence-corrected chi connectivity index (χ2v) is 7.08. The molecule has 0 spiro atoms. The standard InChI is InChI=1S/C20H15FN2O3S/c1-12-4-2-3-5-13(12)10-26-17-9-18(27-19(17)20(24)25)23-11-22-15-7-6-14(21)8-16(15)23/h2-9,11H,10H2,1H3,(H,24,25). The Morgan fingerprint density at radius 1 is 1.26 bits per heavy atom. The van der Waals surface area contributed by atoms with Crippen LogP contribution in [0.1, 0.15) is 20.8 Å². The minimum absolute atomic E-state index is 0.0943. The number of ether oxygens (including phenoxy) is 1.